The molecule has 1 aromatic rings. The van der Waals surface area contributed by atoms with Gasteiger partial charge in [0.2, 0.25) is 0 Å². The summed E-state index contributed by atoms with van der Waals surface area (Å²) in [6.45, 7) is 2.17. The van der Waals surface area contributed by atoms with E-state index in [4.69, 9.17) is 4.74 Å². The first-order valence-corrected chi connectivity index (χ1v) is 7.20. The quantitative estimate of drug-likeness (QED) is 0.766. The molecule has 0 amide bonds. The number of rotatable bonds is 5. The maximum absolute atomic E-state index is 13.0. The van der Waals surface area contributed by atoms with Crippen LogP contribution in [-0.4, -0.2) is 17.6 Å². The zero-order valence-electron chi connectivity index (χ0n) is 12.0. The Balaban J connectivity index is 2.05. The number of halogens is 2. The molecule has 2 rings (SSSR count). The van der Waals surface area contributed by atoms with Crippen LogP contribution in [0.5, 0.6) is 0 Å². The smallest absolute Gasteiger partial charge is 0.306 e. The molecule has 0 fully saturated rings. The van der Waals surface area contributed by atoms with Crippen LogP contribution < -0.4 is 0 Å². The zero-order valence-corrected chi connectivity index (χ0v) is 12.0. The molecule has 0 spiro atoms. The summed E-state index contributed by atoms with van der Waals surface area (Å²) in [5, 5.41) is 0. The number of allylic oxidation sites excluding steroid dienone is 2. The van der Waals surface area contributed by atoms with Gasteiger partial charge >= 0.3 is 5.97 Å². The highest BCUT2D eigenvalue weighted by Gasteiger charge is 2.22. The number of nitrogens with zero attached hydrogens (tertiary/aromatic N) is 1. The number of carbonyl (C=O) groups excluding carboxylic acids is 1. The van der Waals surface area contributed by atoms with E-state index in [-0.39, 0.29) is 17.5 Å². The largest absolute Gasteiger partial charge is 0.466 e. The molecule has 114 valence electrons. The van der Waals surface area contributed by atoms with Gasteiger partial charge in [-0.25, -0.2) is 8.78 Å². The van der Waals surface area contributed by atoms with E-state index in [0.29, 0.717) is 31.6 Å². The summed E-state index contributed by atoms with van der Waals surface area (Å²) in [5.74, 6) is 0.0389. The summed E-state index contributed by atoms with van der Waals surface area (Å²) < 4.78 is 30.9. The molecule has 0 radical (unpaired) electrons. The molecule has 0 saturated carbocycles. The fraction of sp³-hybridized carbons (Fsp3) is 0.500. The van der Waals surface area contributed by atoms with Gasteiger partial charge in [-0.3, -0.25) is 9.78 Å². The molecule has 1 heterocycles. The van der Waals surface area contributed by atoms with Crippen LogP contribution in [0.25, 0.3) is 5.57 Å². The molecule has 21 heavy (non-hydrogen) atoms. The number of pyridine rings is 1. The van der Waals surface area contributed by atoms with E-state index in [9.17, 15) is 13.6 Å². The maximum Gasteiger partial charge on any atom is 0.306 e. The highest BCUT2D eigenvalue weighted by molar-refractivity contribution is 5.70. The normalized spacial score (nSPS) is 18.5. The van der Waals surface area contributed by atoms with E-state index in [0.717, 1.165) is 12.0 Å². The Morgan fingerprint density at radius 1 is 1.52 bits per heavy atom. The number of hydrogen-bond acceptors (Lipinski definition) is 3. The minimum Gasteiger partial charge on any atom is -0.466 e. The van der Waals surface area contributed by atoms with Crippen LogP contribution >= 0.6 is 0 Å². The van der Waals surface area contributed by atoms with Crippen molar-refractivity contribution in [2.75, 3.05) is 6.61 Å². The molecule has 1 aliphatic rings. The van der Waals surface area contributed by atoms with E-state index in [2.05, 4.69) is 4.98 Å². The fourth-order valence-corrected chi connectivity index (χ4v) is 2.61. The van der Waals surface area contributed by atoms with Crippen molar-refractivity contribution in [3.05, 3.63) is 35.7 Å². The molecule has 3 nitrogen and oxygen atoms in total. The summed E-state index contributed by atoms with van der Waals surface area (Å²) in [4.78, 5) is 15.6. The van der Waals surface area contributed by atoms with Crippen molar-refractivity contribution in [2.24, 2.45) is 5.92 Å². The summed E-state index contributed by atoms with van der Waals surface area (Å²) in [6.07, 6.45) is 3.50. The molecule has 0 aromatic carbocycles. The summed E-state index contributed by atoms with van der Waals surface area (Å²) in [7, 11) is 0. The van der Waals surface area contributed by atoms with Crippen LogP contribution in [0.4, 0.5) is 8.78 Å². The van der Waals surface area contributed by atoms with Gasteiger partial charge < -0.3 is 4.74 Å². The first kappa shape index (κ1) is 15.6. The molecular formula is C16H19F2NO2. The molecule has 0 N–H and O–H groups in total. The SMILES string of the molecule is CCOC(=O)CC1CC=C(c2ncccc2C(F)F)CC1. The molecule has 0 bridgehead atoms. The van der Waals surface area contributed by atoms with Crippen molar-refractivity contribution >= 4 is 11.5 Å². The Bertz CT molecular complexity index is 529. The standard InChI is InChI=1S/C16H19F2NO2/c1-2-21-14(20)10-11-5-7-12(8-6-11)15-13(16(17)18)4-3-9-19-15/h3-4,7,9,11,16H,2,5-6,8,10H2,1H3. The van der Waals surface area contributed by atoms with E-state index in [1.54, 1.807) is 6.92 Å². The first-order chi connectivity index (χ1) is 10.1. The number of aromatic nitrogens is 1. The maximum atomic E-state index is 13.0. The van der Waals surface area contributed by atoms with E-state index in [1.165, 1.54) is 18.3 Å². The third kappa shape index (κ3) is 4.09. The van der Waals surface area contributed by atoms with Gasteiger partial charge in [-0.05, 0) is 49.8 Å². The number of carbonyl (C=O) groups is 1. The Morgan fingerprint density at radius 2 is 2.33 bits per heavy atom. The highest BCUT2D eigenvalue weighted by atomic mass is 19.3. The second-order valence-electron chi connectivity index (χ2n) is 5.12. The number of esters is 1. The summed E-state index contributed by atoms with van der Waals surface area (Å²) in [6, 6.07) is 2.94. The van der Waals surface area contributed by atoms with E-state index >= 15 is 0 Å². The van der Waals surface area contributed by atoms with Gasteiger partial charge in [0.05, 0.1) is 12.3 Å². The van der Waals surface area contributed by atoms with Crippen LogP contribution in [0, 0.1) is 5.92 Å². The average molecular weight is 295 g/mol. The van der Waals surface area contributed by atoms with Crippen molar-refractivity contribution < 1.29 is 18.3 Å². The van der Waals surface area contributed by atoms with Crippen LogP contribution in [0.15, 0.2) is 24.4 Å². The van der Waals surface area contributed by atoms with Gasteiger partial charge in [-0.1, -0.05) is 6.08 Å². The monoisotopic (exact) mass is 295 g/mol. The second kappa shape index (κ2) is 7.29. The van der Waals surface area contributed by atoms with E-state index in [1.807, 2.05) is 6.08 Å². The van der Waals surface area contributed by atoms with Crippen molar-refractivity contribution in [3.63, 3.8) is 0 Å². The van der Waals surface area contributed by atoms with Crippen molar-refractivity contribution in [1.82, 2.24) is 4.98 Å². The molecule has 0 aliphatic heterocycles. The Morgan fingerprint density at radius 3 is 2.95 bits per heavy atom. The predicted octanol–water partition coefficient (Wildman–Crippen LogP) is 4.16. The molecular weight excluding hydrogens is 276 g/mol. The lowest BCUT2D eigenvalue weighted by molar-refractivity contribution is -0.144. The van der Waals surface area contributed by atoms with Gasteiger partial charge in [0.15, 0.2) is 0 Å². The minimum absolute atomic E-state index is 0.0207. The lowest BCUT2D eigenvalue weighted by Crippen LogP contribution is -2.14. The molecule has 1 aromatic heterocycles. The van der Waals surface area contributed by atoms with Crippen LogP contribution in [0.3, 0.4) is 0 Å². The van der Waals surface area contributed by atoms with Crippen LogP contribution in [0.1, 0.15) is 50.3 Å². The molecule has 1 aliphatic carbocycles. The van der Waals surface area contributed by atoms with Gasteiger partial charge in [-0.2, -0.15) is 0 Å². The van der Waals surface area contributed by atoms with Crippen molar-refractivity contribution in [1.29, 1.82) is 0 Å². The van der Waals surface area contributed by atoms with E-state index < -0.39 is 6.43 Å². The second-order valence-corrected chi connectivity index (χ2v) is 5.12. The molecule has 0 saturated heterocycles. The van der Waals surface area contributed by atoms with Gasteiger partial charge in [0.25, 0.3) is 6.43 Å². The van der Waals surface area contributed by atoms with Crippen LogP contribution in [0.2, 0.25) is 0 Å². The number of hydrogen-bond donors (Lipinski definition) is 0. The third-order valence-corrected chi connectivity index (χ3v) is 3.66. The van der Waals surface area contributed by atoms with Crippen LogP contribution in [-0.2, 0) is 9.53 Å². The first-order valence-electron chi connectivity index (χ1n) is 7.20. The lowest BCUT2D eigenvalue weighted by atomic mass is 9.85. The van der Waals surface area contributed by atoms with Crippen molar-refractivity contribution in [2.45, 2.75) is 39.0 Å². The predicted molar refractivity (Wildman–Crippen MR) is 75.8 cm³/mol. The Labute approximate surface area is 123 Å². The van der Waals surface area contributed by atoms with Gasteiger partial charge in [-0.15, -0.1) is 0 Å². The molecule has 5 heteroatoms. The topological polar surface area (TPSA) is 39.2 Å². The Kier molecular flexibility index (Phi) is 5.42. The summed E-state index contributed by atoms with van der Waals surface area (Å²) in [5.41, 5.74) is 1.22. The average Bonchev–Trinajstić information content (AvgIpc) is 2.48. The van der Waals surface area contributed by atoms with Gasteiger partial charge in [0.1, 0.15) is 0 Å². The fourth-order valence-electron chi connectivity index (χ4n) is 2.61. The van der Waals surface area contributed by atoms with Gasteiger partial charge in [0, 0.05) is 18.2 Å². The number of ether oxygens (including phenoxy) is 1. The zero-order chi connectivity index (χ0) is 15.2. The number of alkyl halides is 2. The molecule has 1 unspecified atom stereocenters. The van der Waals surface area contributed by atoms with Crippen molar-refractivity contribution in [3.8, 4) is 0 Å². The highest BCUT2D eigenvalue weighted by Crippen LogP contribution is 2.34. The minimum atomic E-state index is -2.52. The summed E-state index contributed by atoms with van der Waals surface area (Å²) >= 11 is 0. The third-order valence-electron chi connectivity index (χ3n) is 3.66. The lowest BCUT2D eigenvalue weighted by Gasteiger charge is -2.22. The Hall–Kier alpha value is -1.78. The molecule has 1 atom stereocenters.